The Kier molecular flexibility index (Phi) is 6.31. The number of benzene rings is 1. The lowest BCUT2D eigenvalue weighted by Crippen LogP contribution is -2.41. The van der Waals surface area contributed by atoms with E-state index in [-0.39, 0.29) is 5.91 Å². The number of thioether (sulfide) groups is 1. The predicted octanol–water partition coefficient (Wildman–Crippen LogP) is 4.38. The summed E-state index contributed by atoms with van der Waals surface area (Å²) in [6.45, 7) is 4.29. The Labute approximate surface area is 157 Å². The minimum absolute atomic E-state index is 0.0898. The molecule has 3 rings (SSSR count). The van der Waals surface area contributed by atoms with Crippen LogP contribution in [-0.2, 0) is 4.79 Å². The minimum atomic E-state index is 0.0898. The summed E-state index contributed by atoms with van der Waals surface area (Å²) in [5, 5.41) is 15.5. The third-order valence-electron chi connectivity index (χ3n) is 4.49. The second-order valence-electron chi connectivity index (χ2n) is 6.59. The fourth-order valence-electron chi connectivity index (χ4n) is 2.99. The van der Waals surface area contributed by atoms with E-state index >= 15 is 0 Å². The first-order valence-corrected chi connectivity index (χ1v) is 10.5. The number of nitrogens with one attached hydrogen (secondary N) is 2. The van der Waals surface area contributed by atoms with Crippen molar-refractivity contribution in [2.45, 2.75) is 49.9 Å². The first-order valence-electron chi connectivity index (χ1n) is 8.69. The fourth-order valence-corrected chi connectivity index (χ4v) is 4.57. The van der Waals surface area contributed by atoms with Crippen LogP contribution in [0.3, 0.4) is 0 Å². The Bertz CT molecular complexity index is 701. The summed E-state index contributed by atoms with van der Waals surface area (Å²) >= 11 is 2.92. The van der Waals surface area contributed by atoms with Crippen molar-refractivity contribution >= 4 is 39.8 Å². The van der Waals surface area contributed by atoms with Crippen molar-refractivity contribution in [3.63, 3.8) is 0 Å². The van der Waals surface area contributed by atoms with E-state index in [4.69, 9.17) is 0 Å². The molecule has 0 radical (unpaired) electrons. The van der Waals surface area contributed by atoms with Crippen molar-refractivity contribution in [3.8, 4) is 0 Å². The van der Waals surface area contributed by atoms with Gasteiger partial charge in [-0.05, 0) is 37.8 Å². The highest BCUT2D eigenvalue weighted by Crippen LogP contribution is 2.28. The summed E-state index contributed by atoms with van der Waals surface area (Å²) < 4.78 is 0.807. The van der Waals surface area contributed by atoms with Crippen LogP contribution in [0.4, 0.5) is 10.8 Å². The van der Waals surface area contributed by atoms with Crippen LogP contribution in [0.25, 0.3) is 0 Å². The minimum Gasteiger partial charge on any atom is -0.352 e. The van der Waals surface area contributed by atoms with E-state index in [1.54, 1.807) is 0 Å². The van der Waals surface area contributed by atoms with E-state index in [2.05, 4.69) is 46.8 Å². The predicted molar refractivity (Wildman–Crippen MR) is 105 cm³/mol. The molecular weight excluding hydrogens is 352 g/mol. The molecule has 1 saturated carbocycles. The van der Waals surface area contributed by atoms with Crippen LogP contribution in [0.2, 0.25) is 0 Å². The van der Waals surface area contributed by atoms with Crippen molar-refractivity contribution < 1.29 is 4.79 Å². The highest BCUT2D eigenvalue weighted by atomic mass is 32.2. The largest absolute Gasteiger partial charge is 0.352 e. The van der Waals surface area contributed by atoms with Crippen molar-refractivity contribution in [2.75, 3.05) is 11.1 Å². The Morgan fingerprint density at radius 1 is 1.24 bits per heavy atom. The van der Waals surface area contributed by atoms with Gasteiger partial charge in [-0.25, -0.2) is 0 Å². The maximum absolute atomic E-state index is 12.2. The third kappa shape index (κ3) is 5.44. The number of rotatable bonds is 6. The topological polar surface area (TPSA) is 66.9 Å². The summed E-state index contributed by atoms with van der Waals surface area (Å²) in [4.78, 5) is 12.2. The number of amides is 1. The monoisotopic (exact) mass is 376 g/mol. The van der Waals surface area contributed by atoms with Gasteiger partial charge in [0.15, 0.2) is 4.34 Å². The molecule has 1 aliphatic rings. The maximum Gasteiger partial charge on any atom is 0.230 e. The molecule has 2 N–H and O–H groups in total. The molecule has 1 aromatic heterocycles. The SMILES string of the molecule is Cc1ccc(Nc2nnc(SCC(=O)N[C@@H]3CCCC[C@@H]3C)s2)cc1. The standard InChI is InChI=1S/C18H24N4OS2/c1-12-7-9-14(10-8-12)19-17-21-22-18(25-17)24-11-16(23)20-15-6-4-3-5-13(15)2/h7-10,13,15H,3-6,11H2,1-2H3,(H,19,21)(H,20,23)/t13-,15+/m0/s1. The van der Waals surface area contributed by atoms with Crippen molar-refractivity contribution in [2.24, 2.45) is 5.92 Å². The Morgan fingerprint density at radius 2 is 2.00 bits per heavy atom. The quantitative estimate of drug-likeness (QED) is 0.733. The molecule has 0 unspecified atom stereocenters. The average Bonchev–Trinajstić information content (AvgIpc) is 3.05. The molecular formula is C18H24N4OS2. The average molecular weight is 377 g/mol. The summed E-state index contributed by atoms with van der Waals surface area (Å²) in [7, 11) is 0. The van der Waals surface area contributed by atoms with Crippen molar-refractivity contribution in [1.29, 1.82) is 0 Å². The van der Waals surface area contributed by atoms with Gasteiger partial charge in [0.05, 0.1) is 5.75 Å². The summed E-state index contributed by atoms with van der Waals surface area (Å²) in [6.07, 6.45) is 4.81. The molecule has 1 aliphatic carbocycles. The molecule has 1 amide bonds. The van der Waals surface area contributed by atoms with Crippen LogP contribution < -0.4 is 10.6 Å². The van der Waals surface area contributed by atoms with Gasteiger partial charge >= 0.3 is 0 Å². The van der Waals surface area contributed by atoms with Gasteiger partial charge in [-0.1, -0.05) is 60.6 Å². The number of anilines is 2. The van der Waals surface area contributed by atoms with Crippen LogP contribution in [0, 0.1) is 12.8 Å². The molecule has 1 aromatic carbocycles. The zero-order chi connectivity index (χ0) is 17.6. The van der Waals surface area contributed by atoms with E-state index in [0.29, 0.717) is 17.7 Å². The smallest absolute Gasteiger partial charge is 0.230 e. The molecule has 0 bridgehead atoms. The zero-order valence-corrected chi connectivity index (χ0v) is 16.3. The number of hydrogen-bond acceptors (Lipinski definition) is 6. The molecule has 2 aromatic rings. The highest BCUT2D eigenvalue weighted by Gasteiger charge is 2.22. The summed E-state index contributed by atoms with van der Waals surface area (Å²) in [5.74, 6) is 1.06. The molecule has 0 aliphatic heterocycles. The van der Waals surface area contributed by atoms with Gasteiger partial charge in [0.2, 0.25) is 11.0 Å². The third-order valence-corrected chi connectivity index (χ3v) is 6.47. The van der Waals surface area contributed by atoms with Crippen LogP contribution in [0.5, 0.6) is 0 Å². The summed E-state index contributed by atoms with van der Waals surface area (Å²) in [5.41, 5.74) is 2.21. The first-order chi connectivity index (χ1) is 12.1. The van der Waals surface area contributed by atoms with Gasteiger partial charge in [-0.15, -0.1) is 10.2 Å². The second-order valence-corrected chi connectivity index (χ2v) is 8.79. The van der Waals surface area contributed by atoms with Crippen LogP contribution in [-0.4, -0.2) is 27.9 Å². The van der Waals surface area contributed by atoms with E-state index in [1.807, 2.05) is 12.1 Å². The number of aromatic nitrogens is 2. The molecule has 5 nitrogen and oxygen atoms in total. The lowest BCUT2D eigenvalue weighted by molar-refractivity contribution is -0.119. The van der Waals surface area contributed by atoms with Gasteiger partial charge in [0, 0.05) is 11.7 Å². The van der Waals surface area contributed by atoms with Gasteiger partial charge in [0.25, 0.3) is 0 Å². The van der Waals surface area contributed by atoms with E-state index in [0.717, 1.165) is 21.6 Å². The second kappa shape index (κ2) is 8.67. The molecule has 1 fully saturated rings. The van der Waals surface area contributed by atoms with Gasteiger partial charge in [-0.2, -0.15) is 0 Å². The fraction of sp³-hybridized carbons (Fsp3) is 0.500. The van der Waals surface area contributed by atoms with E-state index in [9.17, 15) is 4.79 Å². The normalized spacial score (nSPS) is 20.2. The number of nitrogens with zero attached hydrogens (tertiary/aromatic N) is 2. The Morgan fingerprint density at radius 3 is 2.76 bits per heavy atom. The number of aryl methyl sites for hydroxylation is 1. The van der Waals surface area contributed by atoms with Gasteiger partial charge < -0.3 is 10.6 Å². The Balaban J connectivity index is 1.46. The lowest BCUT2D eigenvalue weighted by Gasteiger charge is -2.29. The zero-order valence-electron chi connectivity index (χ0n) is 14.6. The number of carbonyl (C=O) groups is 1. The molecule has 134 valence electrons. The van der Waals surface area contributed by atoms with E-state index < -0.39 is 0 Å². The Hall–Kier alpha value is -1.60. The van der Waals surface area contributed by atoms with Crippen LogP contribution in [0.1, 0.15) is 38.2 Å². The number of carbonyl (C=O) groups excluding carboxylic acids is 1. The summed E-state index contributed by atoms with van der Waals surface area (Å²) in [6, 6.07) is 8.46. The highest BCUT2D eigenvalue weighted by molar-refractivity contribution is 8.01. The lowest BCUT2D eigenvalue weighted by atomic mass is 9.86. The van der Waals surface area contributed by atoms with Gasteiger partial charge in [-0.3, -0.25) is 4.79 Å². The molecule has 0 spiro atoms. The molecule has 0 saturated heterocycles. The maximum atomic E-state index is 12.2. The van der Waals surface area contributed by atoms with Crippen LogP contribution >= 0.6 is 23.1 Å². The van der Waals surface area contributed by atoms with Crippen molar-refractivity contribution in [1.82, 2.24) is 15.5 Å². The van der Waals surface area contributed by atoms with E-state index in [1.165, 1.54) is 47.9 Å². The molecule has 25 heavy (non-hydrogen) atoms. The molecule has 2 atom stereocenters. The van der Waals surface area contributed by atoms with Crippen molar-refractivity contribution in [3.05, 3.63) is 29.8 Å². The number of hydrogen-bond donors (Lipinski definition) is 2. The van der Waals surface area contributed by atoms with Crippen LogP contribution in [0.15, 0.2) is 28.6 Å². The molecule has 1 heterocycles. The molecule has 7 heteroatoms. The first kappa shape index (κ1) is 18.2. The van der Waals surface area contributed by atoms with Gasteiger partial charge in [0.1, 0.15) is 0 Å².